The van der Waals surface area contributed by atoms with Crippen molar-refractivity contribution < 1.29 is 29.4 Å². The highest BCUT2D eigenvalue weighted by atomic mass is 32.1. The predicted molar refractivity (Wildman–Crippen MR) is 115 cm³/mol. The molecule has 3 N–H and O–H groups in total. The first-order chi connectivity index (χ1) is 15.3. The molecule has 0 aliphatic carbocycles. The van der Waals surface area contributed by atoms with Crippen molar-refractivity contribution in [1.82, 2.24) is 20.2 Å². The molecular weight excluding hydrogens is 436 g/mol. The third kappa shape index (κ3) is 5.67. The van der Waals surface area contributed by atoms with Gasteiger partial charge in [0, 0.05) is 37.5 Å². The summed E-state index contributed by atoms with van der Waals surface area (Å²) in [7, 11) is 0. The van der Waals surface area contributed by atoms with Crippen molar-refractivity contribution in [3.05, 3.63) is 35.1 Å². The number of piperidine rings is 1. The molecule has 1 aliphatic rings. The minimum absolute atomic E-state index is 0.162. The monoisotopic (exact) mass is 460 g/mol. The summed E-state index contributed by atoms with van der Waals surface area (Å²) in [6, 6.07) is 2.38. The summed E-state index contributed by atoms with van der Waals surface area (Å²) in [6.45, 7) is 2.41. The molecule has 1 saturated heterocycles. The second-order valence-corrected chi connectivity index (χ2v) is 8.60. The average Bonchev–Trinajstić information content (AvgIpc) is 3.17. The van der Waals surface area contributed by atoms with Gasteiger partial charge < -0.3 is 20.4 Å². The van der Waals surface area contributed by atoms with Crippen LogP contribution in [0.3, 0.4) is 0 Å². The molecule has 10 nitrogen and oxygen atoms in total. The molecule has 2 atom stereocenters. The van der Waals surface area contributed by atoms with Crippen LogP contribution in [-0.4, -0.2) is 68.0 Å². The quantitative estimate of drug-likeness (QED) is 0.540. The number of carbonyl (C=O) groups is 4. The van der Waals surface area contributed by atoms with Crippen molar-refractivity contribution in [1.29, 1.82) is 0 Å². The van der Waals surface area contributed by atoms with Gasteiger partial charge in [0.15, 0.2) is 0 Å². The van der Waals surface area contributed by atoms with Gasteiger partial charge in [0.2, 0.25) is 5.91 Å². The molecule has 2 unspecified atom stereocenters. The largest absolute Gasteiger partial charge is 0.481 e. The van der Waals surface area contributed by atoms with Crippen LogP contribution in [0, 0.1) is 12.8 Å². The molecule has 0 aromatic carbocycles. The van der Waals surface area contributed by atoms with E-state index in [0.717, 1.165) is 5.56 Å². The molecule has 1 fully saturated rings. The Morgan fingerprint density at radius 2 is 2.09 bits per heavy atom. The van der Waals surface area contributed by atoms with E-state index >= 15 is 0 Å². The highest BCUT2D eigenvalue weighted by Gasteiger charge is 2.32. The molecule has 1 aliphatic heterocycles. The number of thiazole rings is 1. The van der Waals surface area contributed by atoms with E-state index in [9.17, 15) is 24.3 Å². The van der Waals surface area contributed by atoms with Crippen LogP contribution >= 0.6 is 11.3 Å². The maximum atomic E-state index is 13.1. The Hall–Kier alpha value is -3.34. The van der Waals surface area contributed by atoms with Gasteiger partial charge in [-0.2, -0.15) is 0 Å². The van der Waals surface area contributed by atoms with Gasteiger partial charge in [0.05, 0.1) is 11.6 Å². The fraction of sp³-hybridized carbons (Fsp3) is 0.429. The number of hydrogen-bond acceptors (Lipinski definition) is 7. The molecule has 11 heteroatoms. The van der Waals surface area contributed by atoms with Gasteiger partial charge in [-0.3, -0.25) is 19.4 Å². The molecule has 0 spiro atoms. The number of carboxylic acid groups (broad SMARTS) is 2. The number of aromatic nitrogens is 2. The second-order valence-electron chi connectivity index (χ2n) is 7.60. The number of hydrogen-bond donors (Lipinski definition) is 3. The van der Waals surface area contributed by atoms with Crippen molar-refractivity contribution in [2.45, 2.75) is 38.6 Å². The molecule has 2 aromatic rings. The average molecular weight is 461 g/mol. The molecule has 0 bridgehead atoms. The van der Waals surface area contributed by atoms with Crippen molar-refractivity contribution in [2.24, 2.45) is 5.92 Å². The van der Waals surface area contributed by atoms with Gasteiger partial charge in [0.1, 0.15) is 15.9 Å². The van der Waals surface area contributed by atoms with E-state index in [4.69, 9.17) is 5.11 Å². The van der Waals surface area contributed by atoms with Crippen LogP contribution in [0.5, 0.6) is 0 Å². The zero-order chi connectivity index (χ0) is 23.3. The van der Waals surface area contributed by atoms with Crippen molar-refractivity contribution >= 4 is 35.1 Å². The number of carboxylic acids is 2. The molecular formula is C21H24N4O6S. The van der Waals surface area contributed by atoms with Gasteiger partial charge in [-0.1, -0.05) is 0 Å². The molecule has 32 heavy (non-hydrogen) atoms. The van der Waals surface area contributed by atoms with Gasteiger partial charge >= 0.3 is 11.9 Å². The first-order valence-corrected chi connectivity index (χ1v) is 11.0. The van der Waals surface area contributed by atoms with E-state index in [1.807, 2.05) is 6.07 Å². The number of rotatable bonds is 8. The lowest BCUT2D eigenvalue weighted by molar-refractivity contribution is -0.144. The Balaban J connectivity index is 1.67. The standard InChI is InChI=1S/C21H24N4O6S/c1-12-17(32-19(23-12)13-4-2-8-22-10-13)20(29)25-9-3-5-14(11-25)18(28)24-15(21(30)31)6-7-16(26)27/h2,4,8,10,14-15H,3,5-7,9,11H2,1H3,(H,24,28)(H,26,27)(H,30,31). The fourth-order valence-electron chi connectivity index (χ4n) is 3.54. The normalized spacial score (nSPS) is 16.9. The third-order valence-corrected chi connectivity index (χ3v) is 6.43. The summed E-state index contributed by atoms with van der Waals surface area (Å²) < 4.78 is 0. The van der Waals surface area contributed by atoms with Crippen LogP contribution in [0.25, 0.3) is 10.6 Å². The number of carbonyl (C=O) groups excluding carboxylic acids is 2. The first-order valence-electron chi connectivity index (χ1n) is 10.2. The Kier molecular flexibility index (Phi) is 7.52. The fourth-order valence-corrected chi connectivity index (χ4v) is 4.57. The van der Waals surface area contributed by atoms with Crippen LogP contribution in [-0.2, 0) is 14.4 Å². The summed E-state index contributed by atoms with van der Waals surface area (Å²) in [6.07, 6.45) is 3.88. The molecule has 2 amide bonds. The lowest BCUT2D eigenvalue weighted by Crippen LogP contribution is -2.49. The summed E-state index contributed by atoms with van der Waals surface area (Å²) in [5, 5.41) is 21.1. The number of nitrogens with one attached hydrogen (secondary N) is 1. The molecule has 0 radical (unpaired) electrons. The van der Waals surface area contributed by atoms with Gasteiger partial charge in [-0.25, -0.2) is 9.78 Å². The smallest absolute Gasteiger partial charge is 0.326 e. The van der Waals surface area contributed by atoms with E-state index in [1.54, 1.807) is 30.3 Å². The van der Waals surface area contributed by atoms with E-state index in [1.165, 1.54) is 11.3 Å². The minimum Gasteiger partial charge on any atom is -0.481 e. The third-order valence-electron chi connectivity index (χ3n) is 5.24. The number of nitrogens with zero attached hydrogens (tertiary/aromatic N) is 3. The van der Waals surface area contributed by atoms with Crippen molar-refractivity contribution in [3.63, 3.8) is 0 Å². The van der Waals surface area contributed by atoms with Crippen LogP contribution in [0.1, 0.15) is 41.0 Å². The molecule has 3 rings (SSSR count). The van der Waals surface area contributed by atoms with Gasteiger partial charge in [0.25, 0.3) is 5.91 Å². The summed E-state index contributed by atoms with van der Waals surface area (Å²) in [5.74, 6) is -3.69. The van der Waals surface area contributed by atoms with Crippen LogP contribution in [0.15, 0.2) is 24.5 Å². The summed E-state index contributed by atoms with van der Waals surface area (Å²) in [5.41, 5.74) is 1.42. The number of aryl methyl sites for hydroxylation is 1. The zero-order valence-electron chi connectivity index (χ0n) is 17.5. The number of likely N-dealkylation sites (tertiary alicyclic amines) is 1. The molecule has 3 heterocycles. The second kappa shape index (κ2) is 10.3. The maximum Gasteiger partial charge on any atom is 0.326 e. The summed E-state index contributed by atoms with van der Waals surface area (Å²) >= 11 is 1.27. The van der Waals surface area contributed by atoms with Crippen molar-refractivity contribution in [3.8, 4) is 10.6 Å². The highest BCUT2D eigenvalue weighted by molar-refractivity contribution is 7.17. The van der Waals surface area contributed by atoms with Crippen LogP contribution in [0.2, 0.25) is 0 Å². The van der Waals surface area contributed by atoms with E-state index in [-0.39, 0.29) is 25.3 Å². The Bertz CT molecular complexity index is 1010. The van der Waals surface area contributed by atoms with E-state index < -0.39 is 29.8 Å². The lowest BCUT2D eigenvalue weighted by atomic mass is 9.96. The highest BCUT2D eigenvalue weighted by Crippen LogP contribution is 2.29. The minimum atomic E-state index is -1.29. The van der Waals surface area contributed by atoms with Crippen molar-refractivity contribution in [2.75, 3.05) is 13.1 Å². The number of pyridine rings is 1. The lowest BCUT2D eigenvalue weighted by Gasteiger charge is -2.32. The molecule has 170 valence electrons. The SMILES string of the molecule is Cc1nc(-c2cccnc2)sc1C(=O)N1CCCC(C(=O)NC(CCC(=O)O)C(=O)O)C1. The molecule has 0 saturated carbocycles. The Morgan fingerprint density at radius 1 is 1.31 bits per heavy atom. The number of aliphatic carboxylic acids is 2. The summed E-state index contributed by atoms with van der Waals surface area (Å²) in [4.78, 5) is 58.5. The molecule has 2 aromatic heterocycles. The van der Waals surface area contributed by atoms with Gasteiger partial charge in [-0.15, -0.1) is 11.3 Å². The van der Waals surface area contributed by atoms with Crippen LogP contribution in [0.4, 0.5) is 0 Å². The van der Waals surface area contributed by atoms with Crippen LogP contribution < -0.4 is 5.32 Å². The van der Waals surface area contributed by atoms with E-state index in [0.29, 0.717) is 35.0 Å². The van der Waals surface area contributed by atoms with Gasteiger partial charge in [-0.05, 0) is 38.3 Å². The Morgan fingerprint density at radius 3 is 2.75 bits per heavy atom. The maximum absolute atomic E-state index is 13.1. The Labute approximate surface area is 188 Å². The first kappa shape index (κ1) is 23.3. The van der Waals surface area contributed by atoms with E-state index in [2.05, 4.69) is 15.3 Å². The zero-order valence-corrected chi connectivity index (χ0v) is 18.3. The number of amides is 2. The predicted octanol–water partition coefficient (Wildman–Crippen LogP) is 1.80. The topological polar surface area (TPSA) is 150 Å².